The molecule has 120 valence electrons. The van der Waals surface area contributed by atoms with Gasteiger partial charge < -0.3 is 4.74 Å². The van der Waals surface area contributed by atoms with E-state index in [4.69, 9.17) is 4.74 Å². The highest BCUT2D eigenvalue weighted by Gasteiger charge is 2.31. The van der Waals surface area contributed by atoms with Crippen molar-refractivity contribution in [2.75, 3.05) is 6.61 Å². The predicted octanol–water partition coefficient (Wildman–Crippen LogP) is 1.88. The Morgan fingerprint density at radius 2 is 2.05 bits per heavy atom. The lowest BCUT2D eigenvalue weighted by Crippen LogP contribution is -2.45. The maximum absolute atomic E-state index is 12.7. The molecule has 9 heteroatoms. The number of aromatic nitrogens is 2. The second-order valence-electron chi connectivity index (χ2n) is 5.28. The number of aryl methyl sites for hydroxylation is 1. The Morgan fingerprint density at radius 1 is 1.36 bits per heavy atom. The molecule has 5 nitrogen and oxygen atoms in total. The highest BCUT2D eigenvalue weighted by Crippen LogP contribution is 2.24. The van der Waals surface area contributed by atoms with Gasteiger partial charge in [-0.1, -0.05) is 0 Å². The van der Waals surface area contributed by atoms with Crippen LogP contribution in [0.2, 0.25) is 0 Å². The Morgan fingerprint density at radius 3 is 2.59 bits per heavy atom. The van der Waals surface area contributed by atoms with E-state index >= 15 is 0 Å². The number of ether oxygens (including phenoxy) is 1. The van der Waals surface area contributed by atoms with Crippen molar-refractivity contribution in [1.82, 2.24) is 9.13 Å². The van der Waals surface area contributed by atoms with Crippen molar-refractivity contribution < 1.29 is 17.9 Å². The summed E-state index contributed by atoms with van der Waals surface area (Å²) >= 11 is 1.18. The van der Waals surface area contributed by atoms with Crippen LogP contribution in [0.5, 0.6) is 0 Å². The van der Waals surface area contributed by atoms with Crippen LogP contribution in [0.4, 0.5) is 13.2 Å². The fraction of sp³-hybridized carbons (Fsp3) is 0.538. The summed E-state index contributed by atoms with van der Waals surface area (Å²) in [5, 5.41) is 1.84. The lowest BCUT2D eigenvalue weighted by molar-refractivity contribution is -0.142. The minimum absolute atomic E-state index is 0.160. The first-order valence-corrected chi connectivity index (χ1v) is 7.55. The fourth-order valence-corrected chi connectivity index (χ4v) is 3.51. The van der Waals surface area contributed by atoms with Crippen LogP contribution in [0.1, 0.15) is 12.0 Å². The van der Waals surface area contributed by atoms with E-state index in [-0.39, 0.29) is 22.6 Å². The molecule has 0 aromatic carbocycles. The van der Waals surface area contributed by atoms with Crippen LogP contribution in [0, 0.1) is 6.92 Å². The summed E-state index contributed by atoms with van der Waals surface area (Å²) in [5.41, 5.74) is -1.25. The van der Waals surface area contributed by atoms with Crippen molar-refractivity contribution in [3.05, 3.63) is 31.8 Å². The number of nitrogens with zero attached hydrogens (tertiary/aromatic N) is 2. The molecule has 1 unspecified atom stereocenters. The second-order valence-corrected chi connectivity index (χ2v) is 6.14. The molecule has 3 rings (SSSR count). The molecular formula is C13H13F3N2O3S. The standard InChI is InChI=1S/C13H13F3N2O3S/c1-7-5-22-11-9(7)10(19)18(6-13(14,15)16)12(20)17(11)4-8-2-3-21-8/h5,8H,2-4,6H2,1H3. The number of hydrogen-bond acceptors (Lipinski definition) is 4. The quantitative estimate of drug-likeness (QED) is 0.861. The third-order valence-corrected chi connectivity index (χ3v) is 4.76. The zero-order valence-electron chi connectivity index (χ0n) is 11.6. The summed E-state index contributed by atoms with van der Waals surface area (Å²) in [4.78, 5) is 25.0. The van der Waals surface area contributed by atoms with Gasteiger partial charge in [-0.15, -0.1) is 11.3 Å². The predicted molar refractivity (Wildman–Crippen MR) is 75.5 cm³/mol. The molecular weight excluding hydrogens is 321 g/mol. The monoisotopic (exact) mass is 334 g/mol. The minimum atomic E-state index is -4.63. The van der Waals surface area contributed by atoms with Crippen LogP contribution >= 0.6 is 11.3 Å². The normalized spacial score (nSPS) is 18.6. The Bertz CT molecular complexity index is 830. The number of thiophene rings is 1. The highest BCUT2D eigenvalue weighted by molar-refractivity contribution is 7.17. The van der Waals surface area contributed by atoms with Gasteiger partial charge in [0.2, 0.25) is 0 Å². The van der Waals surface area contributed by atoms with E-state index in [1.165, 1.54) is 15.9 Å². The van der Waals surface area contributed by atoms with Crippen LogP contribution in [-0.4, -0.2) is 28.0 Å². The number of rotatable bonds is 3. The molecule has 1 aliphatic rings. The fourth-order valence-electron chi connectivity index (χ4n) is 2.46. The molecule has 0 N–H and O–H groups in total. The molecule has 0 saturated carbocycles. The minimum Gasteiger partial charge on any atom is -0.376 e. The zero-order chi connectivity index (χ0) is 16.1. The van der Waals surface area contributed by atoms with Crippen molar-refractivity contribution in [2.24, 2.45) is 0 Å². The molecule has 1 saturated heterocycles. The van der Waals surface area contributed by atoms with Gasteiger partial charge >= 0.3 is 11.9 Å². The molecule has 0 aliphatic carbocycles. The third-order valence-electron chi connectivity index (χ3n) is 3.64. The first-order valence-electron chi connectivity index (χ1n) is 6.68. The van der Waals surface area contributed by atoms with E-state index in [2.05, 4.69) is 0 Å². The lowest BCUT2D eigenvalue weighted by atomic mass is 10.2. The van der Waals surface area contributed by atoms with Crippen molar-refractivity contribution in [3.63, 3.8) is 0 Å². The molecule has 22 heavy (non-hydrogen) atoms. The van der Waals surface area contributed by atoms with Crippen LogP contribution < -0.4 is 11.2 Å². The van der Waals surface area contributed by atoms with Crippen LogP contribution in [0.25, 0.3) is 10.2 Å². The first kappa shape index (κ1) is 15.3. The largest absolute Gasteiger partial charge is 0.406 e. The lowest BCUT2D eigenvalue weighted by Gasteiger charge is -2.27. The van der Waals surface area contributed by atoms with E-state index in [1.54, 1.807) is 12.3 Å². The second kappa shape index (κ2) is 5.24. The van der Waals surface area contributed by atoms with E-state index in [0.29, 0.717) is 17.0 Å². The molecule has 1 atom stereocenters. The number of hydrogen-bond donors (Lipinski definition) is 0. The maximum atomic E-state index is 12.7. The van der Waals surface area contributed by atoms with E-state index in [9.17, 15) is 22.8 Å². The summed E-state index contributed by atoms with van der Waals surface area (Å²) in [6.45, 7) is 0.801. The Balaban J connectivity index is 2.23. The zero-order valence-corrected chi connectivity index (χ0v) is 12.5. The molecule has 0 radical (unpaired) electrons. The Labute approximate surface area is 126 Å². The van der Waals surface area contributed by atoms with Gasteiger partial charge in [-0.05, 0) is 24.3 Å². The smallest absolute Gasteiger partial charge is 0.376 e. The number of alkyl halides is 3. The topological polar surface area (TPSA) is 53.2 Å². The van der Waals surface area contributed by atoms with Crippen molar-refractivity contribution >= 4 is 21.6 Å². The Kier molecular flexibility index (Phi) is 3.64. The third kappa shape index (κ3) is 2.58. The number of fused-ring (bicyclic) bond motifs is 1. The molecule has 2 aromatic heterocycles. The number of halogens is 3. The SMILES string of the molecule is Cc1csc2c1c(=O)n(CC(F)(F)F)c(=O)n2CC1CCO1. The van der Waals surface area contributed by atoms with Crippen molar-refractivity contribution in [1.29, 1.82) is 0 Å². The molecule has 1 aliphatic heterocycles. The van der Waals surface area contributed by atoms with Gasteiger partial charge in [0.15, 0.2) is 0 Å². The molecule has 3 heterocycles. The van der Waals surface area contributed by atoms with Gasteiger partial charge in [0.25, 0.3) is 5.56 Å². The summed E-state index contributed by atoms with van der Waals surface area (Å²) in [6.07, 6.45) is -4.08. The highest BCUT2D eigenvalue weighted by atomic mass is 32.1. The van der Waals surface area contributed by atoms with Gasteiger partial charge in [-0.3, -0.25) is 13.9 Å². The van der Waals surface area contributed by atoms with Crippen LogP contribution in [-0.2, 0) is 17.8 Å². The van der Waals surface area contributed by atoms with Crippen LogP contribution in [0.3, 0.4) is 0 Å². The van der Waals surface area contributed by atoms with Crippen molar-refractivity contribution in [3.8, 4) is 0 Å². The van der Waals surface area contributed by atoms with Crippen molar-refractivity contribution in [2.45, 2.75) is 38.7 Å². The molecule has 0 spiro atoms. The molecule has 0 amide bonds. The van der Waals surface area contributed by atoms with Gasteiger partial charge in [-0.25, -0.2) is 4.79 Å². The van der Waals surface area contributed by atoms with Crippen LogP contribution in [0.15, 0.2) is 15.0 Å². The average Bonchev–Trinajstić information content (AvgIpc) is 2.73. The van der Waals surface area contributed by atoms with E-state index in [0.717, 1.165) is 6.42 Å². The molecule has 1 fully saturated rings. The van der Waals surface area contributed by atoms with Gasteiger partial charge in [0.1, 0.15) is 11.4 Å². The summed E-state index contributed by atoms with van der Waals surface area (Å²) in [6, 6.07) is 0. The summed E-state index contributed by atoms with van der Waals surface area (Å²) in [7, 11) is 0. The molecule has 0 bridgehead atoms. The Hall–Kier alpha value is -1.61. The maximum Gasteiger partial charge on any atom is 0.406 e. The van der Waals surface area contributed by atoms with Gasteiger partial charge in [-0.2, -0.15) is 13.2 Å². The van der Waals surface area contributed by atoms with E-state index in [1.807, 2.05) is 0 Å². The first-order chi connectivity index (χ1) is 10.3. The van der Waals surface area contributed by atoms with Gasteiger partial charge in [0.05, 0.1) is 18.0 Å². The average molecular weight is 334 g/mol. The molecule has 2 aromatic rings. The summed E-state index contributed by atoms with van der Waals surface area (Å²) in [5.74, 6) is 0. The van der Waals surface area contributed by atoms with E-state index < -0.39 is 24.0 Å². The summed E-state index contributed by atoms with van der Waals surface area (Å²) < 4.78 is 44.8. The van der Waals surface area contributed by atoms with Gasteiger partial charge in [0, 0.05) is 6.61 Å².